The fourth-order valence-corrected chi connectivity index (χ4v) is 2.11. The lowest BCUT2D eigenvalue weighted by molar-refractivity contribution is -0.132. The first-order valence-corrected chi connectivity index (χ1v) is 5.20. The largest absolute Gasteiger partial charge is 0.355 e. The van der Waals surface area contributed by atoms with E-state index in [0.29, 0.717) is 6.42 Å². The van der Waals surface area contributed by atoms with Crippen LogP contribution >= 0.6 is 0 Å². The molecule has 0 saturated heterocycles. The second kappa shape index (κ2) is 4.63. The molecule has 1 amide bonds. The van der Waals surface area contributed by atoms with Gasteiger partial charge in [-0.3, -0.25) is 4.79 Å². The number of carbonyl (C=O) groups is 1. The molecule has 0 aliphatic carbocycles. The number of para-hydroxylation sites is 1. The van der Waals surface area contributed by atoms with Gasteiger partial charge in [-0.25, -0.2) is 0 Å². The molecule has 0 bridgehead atoms. The van der Waals surface area contributed by atoms with Crippen molar-refractivity contribution in [2.75, 3.05) is 19.5 Å². The normalized spacial score (nSPS) is 19.4. The van der Waals surface area contributed by atoms with Gasteiger partial charge in [-0.1, -0.05) is 18.2 Å². The summed E-state index contributed by atoms with van der Waals surface area (Å²) in [6.07, 6.45) is 0.01000. The summed E-state index contributed by atoms with van der Waals surface area (Å²) in [6, 6.07) is 7.73. The van der Waals surface area contributed by atoms with Gasteiger partial charge in [0.05, 0.1) is 0 Å². The lowest BCUT2D eigenvalue weighted by Gasteiger charge is -2.30. The fourth-order valence-electron chi connectivity index (χ4n) is 2.11. The third kappa shape index (κ3) is 1.94. The number of hydrogen-bond acceptors (Lipinski definition) is 3. The topological polar surface area (TPSA) is 47.6 Å². The first-order valence-electron chi connectivity index (χ1n) is 5.20. The van der Waals surface area contributed by atoms with E-state index < -0.39 is 0 Å². The van der Waals surface area contributed by atoms with Crippen LogP contribution in [-0.4, -0.2) is 26.4 Å². The minimum absolute atomic E-state index is 0.00259. The Morgan fingerprint density at radius 2 is 2.00 bits per heavy atom. The first-order chi connectivity index (χ1) is 7.76. The van der Waals surface area contributed by atoms with Gasteiger partial charge < -0.3 is 14.8 Å². The number of anilines is 1. The molecule has 0 aromatic heterocycles. The second-order valence-electron chi connectivity index (χ2n) is 3.79. The third-order valence-electron chi connectivity index (χ3n) is 2.83. The first kappa shape index (κ1) is 11.1. The smallest absolute Gasteiger partial charge is 0.225 e. The highest BCUT2D eigenvalue weighted by atomic mass is 16.7. The van der Waals surface area contributed by atoms with Crippen molar-refractivity contribution < 1.29 is 14.3 Å². The Labute approximate surface area is 94.6 Å². The van der Waals surface area contributed by atoms with Crippen LogP contribution in [0.2, 0.25) is 0 Å². The molecule has 1 heterocycles. The molecule has 16 heavy (non-hydrogen) atoms. The van der Waals surface area contributed by atoms with Crippen LogP contribution in [0.15, 0.2) is 24.3 Å². The van der Waals surface area contributed by atoms with Crippen LogP contribution in [0.5, 0.6) is 0 Å². The van der Waals surface area contributed by atoms with Crippen molar-refractivity contribution >= 4 is 11.6 Å². The van der Waals surface area contributed by atoms with Gasteiger partial charge in [0.1, 0.15) is 0 Å². The zero-order valence-electron chi connectivity index (χ0n) is 9.40. The molecule has 1 atom stereocenters. The van der Waals surface area contributed by atoms with Gasteiger partial charge in [-0.15, -0.1) is 0 Å². The Hall–Kier alpha value is -1.39. The molecule has 0 radical (unpaired) electrons. The average Bonchev–Trinajstić information content (AvgIpc) is 2.30. The highest BCUT2D eigenvalue weighted by Gasteiger charge is 2.31. The summed E-state index contributed by atoms with van der Waals surface area (Å²) in [7, 11) is 3.17. The molecule has 0 saturated carbocycles. The standard InChI is InChI=1S/C12H15NO3/c1-15-12(16-2)9-7-11(14)13-10-6-4-3-5-8(9)10/h3-6,9,12H,7H2,1-2H3,(H,13,14). The number of amides is 1. The number of carbonyl (C=O) groups excluding carboxylic acids is 1. The molecule has 4 nitrogen and oxygen atoms in total. The Kier molecular flexibility index (Phi) is 3.22. The van der Waals surface area contributed by atoms with Crippen LogP contribution in [0.1, 0.15) is 17.9 Å². The minimum atomic E-state index is -0.382. The maximum atomic E-state index is 11.6. The van der Waals surface area contributed by atoms with Crippen molar-refractivity contribution in [2.45, 2.75) is 18.6 Å². The van der Waals surface area contributed by atoms with E-state index in [0.717, 1.165) is 11.3 Å². The van der Waals surface area contributed by atoms with Crippen LogP contribution in [0.4, 0.5) is 5.69 Å². The Balaban J connectivity index is 2.36. The molecule has 1 aliphatic rings. The zero-order valence-corrected chi connectivity index (χ0v) is 9.40. The lowest BCUT2D eigenvalue weighted by Crippen LogP contribution is -2.31. The van der Waals surface area contributed by atoms with E-state index in [1.807, 2.05) is 24.3 Å². The van der Waals surface area contributed by atoms with E-state index >= 15 is 0 Å². The number of nitrogens with one attached hydrogen (secondary N) is 1. The average molecular weight is 221 g/mol. The highest BCUT2D eigenvalue weighted by Crippen LogP contribution is 2.35. The number of hydrogen-bond donors (Lipinski definition) is 1. The summed E-state index contributed by atoms with van der Waals surface area (Å²) in [5.41, 5.74) is 1.92. The molecule has 1 aromatic carbocycles. The number of rotatable bonds is 3. The van der Waals surface area contributed by atoms with Crippen LogP contribution in [0.25, 0.3) is 0 Å². The third-order valence-corrected chi connectivity index (χ3v) is 2.83. The van der Waals surface area contributed by atoms with Crippen molar-refractivity contribution in [3.8, 4) is 0 Å². The monoisotopic (exact) mass is 221 g/mol. The van der Waals surface area contributed by atoms with E-state index in [-0.39, 0.29) is 18.1 Å². The molecular weight excluding hydrogens is 206 g/mol. The molecule has 4 heteroatoms. The van der Waals surface area contributed by atoms with E-state index in [2.05, 4.69) is 5.32 Å². The van der Waals surface area contributed by atoms with Gasteiger partial charge in [-0.2, -0.15) is 0 Å². The van der Waals surface area contributed by atoms with Crippen molar-refractivity contribution in [1.82, 2.24) is 0 Å². The number of methoxy groups -OCH3 is 2. The van der Waals surface area contributed by atoms with Gasteiger partial charge in [0.15, 0.2) is 6.29 Å². The summed E-state index contributed by atoms with van der Waals surface area (Å²) in [4.78, 5) is 11.6. The van der Waals surface area contributed by atoms with Crippen LogP contribution in [0.3, 0.4) is 0 Å². The molecule has 0 fully saturated rings. The van der Waals surface area contributed by atoms with Crippen molar-refractivity contribution in [1.29, 1.82) is 0 Å². The van der Waals surface area contributed by atoms with Gasteiger partial charge in [0.2, 0.25) is 5.91 Å². The molecule has 2 rings (SSSR count). The van der Waals surface area contributed by atoms with Gasteiger partial charge in [-0.05, 0) is 11.6 Å². The predicted molar refractivity (Wildman–Crippen MR) is 60.2 cm³/mol. The summed E-state index contributed by atoms with van der Waals surface area (Å²) in [5, 5.41) is 2.84. The number of ether oxygens (including phenoxy) is 2. The maximum absolute atomic E-state index is 11.6. The molecule has 1 aromatic rings. The molecular formula is C12H15NO3. The Morgan fingerprint density at radius 1 is 1.31 bits per heavy atom. The number of benzene rings is 1. The Bertz CT molecular complexity index is 388. The number of fused-ring (bicyclic) bond motifs is 1. The van der Waals surface area contributed by atoms with Crippen LogP contribution < -0.4 is 5.32 Å². The van der Waals surface area contributed by atoms with E-state index in [4.69, 9.17) is 9.47 Å². The van der Waals surface area contributed by atoms with Crippen molar-refractivity contribution in [2.24, 2.45) is 0 Å². The van der Waals surface area contributed by atoms with E-state index in [9.17, 15) is 4.79 Å². The van der Waals surface area contributed by atoms with E-state index in [1.165, 1.54) is 0 Å². The lowest BCUT2D eigenvalue weighted by atomic mass is 9.90. The minimum Gasteiger partial charge on any atom is -0.355 e. The quantitative estimate of drug-likeness (QED) is 0.791. The Morgan fingerprint density at radius 3 is 2.69 bits per heavy atom. The highest BCUT2D eigenvalue weighted by molar-refractivity contribution is 5.94. The summed E-state index contributed by atoms with van der Waals surface area (Å²) in [6.45, 7) is 0. The zero-order chi connectivity index (χ0) is 11.5. The molecule has 86 valence electrons. The van der Waals surface area contributed by atoms with E-state index in [1.54, 1.807) is 14.2 Å². The summed E-state index contributed by atoms with van der Waals surface area (Å²) < 4.78 is 10.5. The van der Waals surface area contributed by atoms with Crippen molar-refractivity contribution in [3.05, 3.63) is 29.8 Å². The summed E-state index contributed by atoms with van der Waals surface area (Å²) >= 11 is 0. The van der Waals surface area contributed by atoms with Gasteiger partial charge in [0.25, 0.3) is 0 Å². The predicted octanol–water partition coefficient (Wildman–Crippen LogP) is 1.73. The summed E-state index contributed by atoms with van der Waals surface area (Å²) in [5.74, 6) is -0.0391. The molecule has 1 N–H and O–H groups in total. The SMILES string of the molecule is COC(OC)C1CC(=O)Nc2ccccc21. The van der Waals surface area contributed by atoms with Crippen molar-refractivity contribution in [3.63, 3.8) is 0 Å². The fraction of sp³-hybridized carbons (Fsp3) is 0.417. The maximum Gasteiger partial charge on any atom is 0.225 e. The molecule has 0 spiro atoms. The molecule has 1 aliphatic heterocycles. The van der Waals surface area contributed by atoms with Gasteiger partial charge >= 0.3 is 0 Å². The van der Waals surface area contributed by atoms with Gasteiger partial charge in [0, 0.05) is 32.2 Å². The van der Waals surface area contributed by atoms with Crippen LogP contribution in [0, 0.1) is 0 Å². The second-order valence-corrected chi connectivity index (χ2v) is 3.79. The van der Waals surface area contributed by atoms with Crippen LogP contribution in [-0.2, 0) is 14.3 Å². The molecule has 1 unspecified atom stereocenters.